The Hall–Kier alpha value is -0.820. The molecule has 0 saturated carbocycles. The van der Waals surface area contributed by atoms with Gasteiger partial charge < -0.3 is 15.5 Å². The van der Waals surface area contributed by atoms with E-state index in [1.165, 1.54) is 5.56 Å². The van der Waals surface area contributed by atoms with Gasteiger partial charge in [-0.3, -0.25) is 4.99 Å². The highest BCUT2D eigenvalue weighted by molar-refractivity contribution is 14.0. The molecule has 5 heteroatoms. The summed E-state index contributed by atoms with van der Waals surface area (Å²) in [6.07, 6.45) is 2.12. The lowest BCUT2D eigenvalue weighted by Gasteiger charge is -2.23. The van der Waals surface area contributed by atoms with Gasteiger partial charge >= 0.3 is 0 Å². The first kappa shape index (κ1) is 21.2. The molecule has 0 fully saturated rings. The van der Waals surface area contributed by atoms with Crippen molar-refractivity contribution in [1.82, 2.24) is 15.5 Å². The summed E-state index contributed by atoms with van der Waals surface area (Å²) in [5.41, 5.74) is 1.36. The molecule has 4 nitrogen and oxygen atoms in total. The average molecular weight is 418 g/mol. The molecule has 0 aliphatic carbocycles. The van der Waals surface area contributed by atoms with Gasteiger partial charge in [-0.25, -0.2) is 0 Å². The van der Waals surface area contributed by atoms with Crippen LogP contribution in [0.5, 0.6) is 0 Å². The van der Waals surface area contributed by atoms with E-state index in [0.29, 0.717) is 6.04 Å². The Labute approximate surface area is 152 Å². The molecule has 0 radical (unpaired) electrons. The fourth-order valence-electron chi connectivity index (χ4n) is 2.08. The maximum Gasteiger partial charge on any atom is 0.191 e. The molecule has 22 heavy (non-hydrogen) atoms. The van der Waals surface area contributed by atoms with Crippen molar-refractivity contribution in [1.29, 1.82) is 0 Å². The van der Waals surface area contributed by atoms with Gasteiger partial charge in [0, 0.05) is 19.1 Å². The van der Waals surface area contributed by atoms with E-state index < -0.39 is 0 Å². The summed E-state index contributed by atoms with van der Waals surface area (Å²) >= 11 is 0. The van der Waals surface area contributed by atoms with Crippen LogP contribution in [0.4, 0.5) is 0 Å². The molecular weight excluding hydrogens is 387 g/mol. The summed E-state index contributed by atoms with van der Waals surface area (Å²) in [5.74, 6) is 0.916. The zero-order chi connectivity index (χ0) is 15.5. The third-order valence-corrected chi connectivity index (χ3v) is 3.39. The molecule has 0 heterocycles. The molecule has 0 saturated heterocycles. The number of nitrogens with zero attached hydrogens (tertiary/aromatic N) is 2. The number of rotatable bonds is 8. The summed E-state index contributed by atoms with van der Waals surface area (Å²) in [6.45, 7) is 6.89. The minimum Gasteiger partial charge on any atom is -0.357 e. The Morgan fingerprint density at radius 3 is 2.36 bits per heavy atom. The van der Waals surface area contributed by atoms with Gasteiger partial charge in [0.25, 0.3) is 0 Å². The van der Waals surface area contributed by atoms with Gasteiger partial charge in [0.15, 0.2) is 5.96 Å². The lowest BCUT2D eigenvalue weighted by Crippen LogP contribution is -2.40. The molecule has 0 aromatic heterocycles. The normalized spacial score (nSPS) is 12.7. The van der Waals surface area contributed by atoms with Crippen LogP contribution in [0, 0.1) is 0 Å². The maximum absolute atomic E-state index is 4.72. The fourth-order valence-corrected chi connectivity index (χ4v) is 2.08. The third-order valence-electron chi connectivity index (χ3n) is 3.39. The summed E-state index contributed by atoms with van der Waals surface area (Å²) in [4.78, 5) is 6.97. The number of halogens is 1. The van der Waals surface area contributed by atoms with Gasteiger partial charge in [0.1, 0.15) is 0 Å². The van der Waals surface area contributed by atoms with Crippen molar-refractivity contribution in [3.05, 3.63) is 35.9 Å². The molecule has 1 aromatic carbocycles. The van der Waals surface area contributed by atoms with E-state index in [2.05, 4.69) is 73.8 Å². The molecule has 1 aromatic rings. The highest BCUT2D eigenvalue weighted by Crippen LogP contribution is 2.07. The van der Waals surface area contributed by atoms with Crippen LogP contribution >= 0.6 is 24.0 Å². The van der Waals surface area contributed by atoms with Gasteiger partial charge in [0.05, 0.1) is 6.54 Å². The molecule has 0 spiro atoms. The first-order chi connectivity index (χ1) is 10.2. The Morgan fingerprint density at radius 1 is 1.14 bits per heavy atom. The molecule has 0 amide bonds. The van der Waals surface area contributed by atoms with E-state index in [-0.39, 0.29) is 24.0 Å². The van der Waals surface area contributed by atoms with Crippen molar-refractivity contribution < 1.29 is 0 Å². The Morgan fingerprint density at radius 2 is 1.82 bits per heavy atom. The number of likely N-dealkylation sites (N-methyl/N-ethyl adjacent to an activating group) is 1. The molecular formula is C17H31IN4. The molecule has 0 aliphatic heterocycles. The Bertz CT molecular complexity index is 406. The lowest BCUT2D eigenvalue weighted by atomic mass is 10.1. The van der Waals surface area contributed by atoms with Crippen molar-refractivity contribution in [3.8, 4) is 0 Å². The number of guanidine groups is 1. The topological polar surface area (TPSA) is 39.7 Å². The zero-order valence-corrected chi connectivity index (χ0v) is 16.6. The summed E-state index contributed by atoms with van der Waals surface area (Å²) < 4.78 is 0. The van der Waals surface area contributed by atoms with Gasteiger partial charge in [0.2, 0.25) is 0 Å². The van der Waals surface area contributed by atoms with Crippen LogP contribution in [0.15, 0.2) is 35.3 Å². The smallest absolute Gasteiger partial charge is 0.191 e. The van der Waals surface area contributed by atoms with Crippen LogP contribution in [0.25, 0.3) is 0 Å². The van der Waals surface area contributed by atoms with Gasteiger partial charge in [-0.05, 0) is 39.4 Å². The summed E-state index contributed by atoms with van der Waals surface area (Å²) in [5, 5.41) is 6.64. The third kappa shape index (κ3) is 8.58. The Balaban J connectivity index is 0.00000441. The van der Waals surface area contributed by atoms with E-state index >= 15 is 0 Å². The van der Waals surface area contributed by atoms with E-state index in [9.17, 15) is 0 Å². The van der Waals surface area contributed by atoms with Gasteiger partial charge in [-0.1, -0.05) is 37.3 Å². The molecule has 1 atom stereocenters. The second-order valence-electron chi connectivity index (χ2n) is 5.45. The number of benzene rings is 1. The number of hydrogen-bond acceptors (Lipinski definition) is 2. The minimum atomic E-state index is 0. The van der Waals surface area contributed by atoms with E-state index in [4.69, 9.17) is 4.99 Å². The van der Waals surface area contributed by atoms with Crippen LogP contribution in [0.2, 0.25) is 0 Å². The van der Waals surface area contributed by atoms with Crippen LogP contribution < -0.4 is 10.6 Å². The quantitative estimate of drug-likeness (QED) is 0.388. The predicted octanol–water partition coefficient (Wildman–Crippen LogP) is 2.74. The highest BCUT2D eigenvalue weighted by Gasteiger charge is 2.12. The lowest BCUT2D eigenvalue weighted by molar-refractivity contribution is 0.298. The van der Waals surface area contributed by atoms with Crippen molar-refractivity contribution in [2.75, 3.05) is 33.7 Å². The second-order valence-corrected chi connectivity index (χ2v) is 5.45. The standard InChI is InChI=1S/C17H30N4.HI/c1-5-12-19-17(18-6-2)20-14-16(21(3)4)13-15-10-8-7-9-11-15;/h7-11,16H,5-6,12-14H2,1-4H3,(H2,18,19,20);1H. The zero-order valence-electron chi connectivity index (χ0n) is 14.3. The van der Waals surface area contributed by atoms with Gasteiger partial charge in [-0.15, -0.1) is 24.0 Å². The predicted molar refractivity (Wildman–Crippen MR) is 107 cm³/mol. The van der Waals surface area contributed by atoms with Crippen molar-refractivity contribution in [2.45, 2.75) is 32.7 Å². The number of aliphatic imine (C=N–C) groups is 1. The molecule has 126 valence electrons. The summed E-state index contributed by atoms with van der Waals surface area (Å²) in [7, 11) is 4.24. The highest BCUT2D eigenvalue weighted by atomic mass is 127. The van der Waals surface area contributed by atoms with Crippen molar-refractivity contribution in [3.63, 3.8) is 0 Å². The van der Waals surface area contributed by atoms with Crippen LogP contribution in [0.1, 0.15) is 25.8 Å². The first-order valence-electron chi connectivity index (χ1n) is 7.89. The van der Waals surface area contributed by atoms with E-state index in [1.807, 2.05) is 0 Å². The van der Waals surface area contributed by atoms with E-state index in [0.717, 1.165) is 38.4 Å². The van der Waals surface area contributed by atoms with Crippen molar-refractivity contribution >= 4 is 29.9 Å². The molecule has 0 aliphatic rings. The van der Waals surface area contributed by atoms with Crippen LogP contribution in [0.3, 0.4) is 0 Å². The minimum absolute atomic E-state index is 0. The first-order valence-corrected chi connectivity index (χ1v) is 7.89. The largest absolute Gasteiger partial charge is 0.357 e. The number of nitrogens with one attached hydrogen (secondary N) is 2. The molecule has 1 rings (SSSR count). The average Bonchev–Trinajstić information content (AvgIpc) is 2.49. The Kier molecular flexibility index (Phi) is 12.2. The maximum atomic E-state index is 4.72. The number of hydrogen-bond donors (Lipinski definition) is 2. The molecule has 1 unspecified atom stereocenters. The monoisotopic (exact) mass is 418 g/mol. The van der Waals surface area contributed by atoms with Gasteiger partial charge in [-0.2, -0.15) is 0 Å². The fraction of sp³-hybridized carbons (Fsp3) is 0.588. The second kappa shape index (κ2) is 12.7. The molecule has 0 bridgehead atoms. The van der Waals surface area contributed by atoms with Crippen molar-refractivity contribution in [2.24, 2.45) is 4.99 Å². The SMILES string of the molecule is CCCNC(=NCC(Cc1ccccc1)N(C)C)NCC.I. The molecule has 2 N–H and O–H groups in total. The van der Waals surface area contributed by atoms with E-state index in [1.54, 1.807) is 0 Å². The van der Waals surface area contributed by atoms with Crippen LogP contribution in [-0.4, -0.2) is 50.6 Å². The summed E-state index contributed by atoms with van der Waals surface area (Å²) in [6, 6.07) is 11.0. The van der Waals surface area contributed by atoms with Crippen LogP contribution in [-0.2, 0) is 6.42 Å².